The van der Waals surface area contributed by atoms with Gasteiger partial charge in [0.2, 0.25) is 0 Å². The fourth-order valence-corrected chi connectivity index (χ4v) is 2.88. The van der Waals surface area contributed by atoms with E-state index in [0.29, 0.717) is 24.9 Å². The van der Waals surface area contributed by atoms with Crippen LogP contribution < -0.4 is 0 Å². The summed E-state index contributed by atoms with van der Waals surface area (Å²) in [5, 5.41) is 17.9. The third-order valence-electron chi connectivity index (χ3n) is 4.13. The molecule has 8 heteroatoms. The van der Waals surface area contributed by atoms with Crippen molar-refractivity contribution in [2.75, 3.05) is 13.2 Å². The Labute approximate surface area is 143 Å². The van der Waals surface area contributed by atoms with E-state index in [1.54, 1.807) is 10.9 Å². The Bertz CT molecular complexity index is 881. The number of hydrogen-bond donors (Lipinski definition) is 1. The van der Waals surface area contributed by atoms with E-state index in [4.69, 9.17) is 9.84 Å². The van der Waals surface area contributed by atoms with Crippen molar-refractivity contribution < 1.29 is 14.6 Å². The number of ether oxygens (including phenoxy) is 1. The molecule has 0 amide bonds. The van der Waals surface area contributed by atoms with Crippen LogP contribution >= 0.6 is 0 Å². The van der Waals surface area contributed by atoms with E-state index in [2.05, 4.69) is 15.2 Å². The average molecular weight is 339 g/mol. The lowest BCUT2D eigenvalue weighted by Crippen LogP contribution is -2.12. The smallest absolute Gasteiger partial charge is 0.325 e. The lowest BCUT2D eigenvalue weighted by molar-refractivity contribution is -0.137. The maximum Gasteiger partial charge on any atom is 0.325 e. The van der Waals surface area contributed by atoms with Gasteiger partial charge in [-0.15, -0.1) is 0 Å². The summed E-state index contributed by atoms with van der Waals surface area (Å²) in [6, 6.07) is 9.69. The van der Waals surface area contributed by atoms with Crippen LogP contribution in [0, 0.1) is 0 Å². The normalized spacial score (nSPS) is 17.0. The highest BCUT2D eigenvalue weighted by Crippen LogP contribution is 2.26. The molecule has 0 spiro atoms. The predicted octanol–water partition coefficient (Wildman–Crippen LogP) is 1.72. The van der Waals surface area contributed by atoms with Gasteiger partial charge in [0.15, 0.2) is 11.6 Å². The molecule has 0 aliphatic carbocycles. The summed E-state index contributed by atoms with van der Waals surface area (Å²) in [5.41, 5.74) is 1.64. The molecular weight excluding hydrogens is 322 g/mol. The molecule has 1 N–H and O–H groups in total. The molecular formula is C17H17N5O3. The van der Waals surface area contributed by atoms with Crippen molar-refractivity contribution in [3.63, 3.8) is 0 Å². The number of rotatable bonds is 5. The van der Waals surface area contributed by atoms with Gasteiger partial charge in [0.1, 0.15) is 6.54 Å². The molecule has 0 bridgehead atoms. The van der Waals surface area contributed by atoms with Gasteiger partial charge in [0.25, 0.3) is 0 Å². The predicted molar refractivity (Wildman–Crippen MR) is 88.4 cm³/mol. The Balaban J connectivity index is 1.71. The first kappa shape index (κ1) is 15.5. The molecule has 128 valence electrons. The topological polar surface area (TPSA) is 95.1 Å². The second kappa shape index (κ2) is 6.48. The number of aliphatic carboxylic acids is 1. The maximum absolute atomic E-state index is 11.2. The Kier molecular flexibility index (Phi) is 4.02. The lowest BCUT2D eigenvalue weighted by atomic mass is 10.1. The van der Waals surface area contributed by atoms with Crippen LogP contribution in [0.4, 0.5) is 0 Å². The largest absolute Gasteiger partial charge is 0.480 e. The summed E-state index contributed by atoms with van der Waals surface area (Å²) >= 11 is 0. The second-order valence-corrected chi connectivity index (χ2v) is 5.91. The van der Waals surface area contributed by atoms with Gasteiger partial charge >= 0.3 is 5.97 Å². The van der Waals surface area contributed by atoms with Crippen LogP contribution in [-0.2, 0) is 16.1 Å². The number of aromatic nitrogens is 5. The van der Waals surface area contributed by atoms with E-state index in [1.807, 2.05) is 36.5 Å². The van der Waals surface area contributed by atoms with Crippen LogP contribution in [0.3, 0.4) is 0 Å². The molecule has 1 saturated heterocycles. The third kappa shape index (κ3) is 3.16. The molecule has 0 saturated carbocycles. The van der Waals surface area contributed by atoms with Crippen LogP contribution in [0.1, 0.15) is 18.2 Å². The van der Waals surface area contributed by atoms with Crippen LogP contribution in [-0.4, -0.2) is 48.8 Å². The first-order valence-electron chi connectivity index (χ1n) is 8.05. The second-order valence-electron chi connectivity index (χ2n) is 5.91. The van der Waals surface area contributed by atoms with Gasteiger partial charge in [-0.2, -0.15) is 10.2 Å². The van der Waals surface area contributed by atoms with Crippen molar-refractivity contribution in [2.24, 2.45) is 0 Å². The molecule has 1 aromatic carbocycles. The minimum absolute atomic E-state index is 0.109. The van der Waals surface area contributed by atoms with Gasteiger partial charge in [-0.1, -0.05) is 18.2 Å². The van der Waals surface area contributed by atoms with E-state index in [1.165, 1.54) is 4.68 Å². The van der Waals surface area contributed by atoms with Crippen molar-refractivity contribution in [1.29, 1.82) is 0 Å². The van der Waals surface area contributed by atoms with Crippen molar-refractivity contribution in [3.05, 3.63) is 48.5 Å². The Hall–Kier alpha value is -3.00. The zero-order chi connectivity index (χ0) is 17.2. The van der Waals surface area contributed by atoms with Gasteiger partial charge in [-0.3, -0.25) is 4.79 Å². The van der Waals surface area contributed by atoms with Crippen molar-refractivity contribution >= 4 is 5.97 Å². The lowest BCUT2D eigenvalue weighted by Gasteiger charge is -2.01. The number of benzene rings is 1. The van der Waals surface area contributed by atoms with Gasteiger partial charge in [-0.05, 0) is 18.6 Å². The molecule has 0 unspecified atom stereocenters. The molecule has 4 rings (SSSR count). The van der Waals surface area contributed by atoms with E-state index < -0.39 is 5.97 Å². The minimum Gasteiger partial charge on any atom is -0.480 e. The number of carboxylic acids is 1. The van der Waals surface area contributed by atoms with E-state index in [-0.39, 0.29) is 12.5 Å². The molecule has 2 aromatic heterocycles. The van der Waals surface area contributed by atoms with Crippen molar-refractivity contribution in [3.8, 4) is 17.1 Å². The summed E-state index contributed by atoms with van der Waals surface area (Å²) in [6.45, 7) is 1.01. The minimum atomic E-state index is -0.962. The van der Waals surface area contributed by atoms with Gasteiger partial charge in [0.05, 0.1) is 24.1 Å². The zero-order valence-electron chi connectivity index (χ0n) is 13.4. The summed E-state index contributed by atoms with van der Waals surface area (Å²) in [5.74, 6) is 0.279. The van der Waals surface area contributed by atoms with Crippen LogP contribution in [0.25, 0.3) is 17.1 Å². The molecule has 3 aromatic rings. The number of carboxylic acid groups (broad SMARTS) is 1. The molecule has 1 aliphatic heterocycles. The molecule has 1 aliphatic rings. The van der Waals surface area contributed by atoms with Crippen LogP contribution in [0.5, 0.6) is 0 Å². The fraction of sp³-hybridized carbons (Fsp3) is 0.294. The summed E-state index contributed by atoms with van der Waals surface area (Å²) < 4.78 is 8.54. The number of nitrogens with zero attached hydrogens (tertiary/aromatic N) is 5. The zero-order valence-corrected chi connectivity index (χ0v) is 13.4. The third-order valence-corrected chi connectivity index (χ3v) is 4.13. The highest BCUT2D eigenvalue weighted by Gasteiger charge is 2.25. The van der Waals surface area contributed by atoms with Gasteiger partial charge < -0.3 is 9.84 Å². The van der Waals surface area contributed by atoms with Crippen LogP contribution in [0.15, 0.2) is 42.7 Å². The van der Waals surface area contributed by atoms with Gasteiger partial charge in [-0.25, -0.2) is 14.3 Å². The molecule has 25 heavy (non-hydrogen) atoms. The quantitative estimate of drug-likeness (QED) is 0.760. The number of hydrogen-bond acceptors (Lipinski definition) is 5. The first-order chi connectivity index (χ1) is 12.2. The fourth-order valence-electron chi connectivity index (χ4n) is 2.88. The molecule has 0 radical (unpaired) electrons. The van der Waals surface area contributed by atoms with Crippen LogP contribution in [0.2, 0.25) is 0 Å². The highest BCUT2D eigenvalue weighted by molar-refractivity contribution is 5.67. The summed E-state index contributed by atoms with van der Waals surface area (Å²) in [6.07, 6.45) is 4.34. The summed E-state index contributed by atoms with van der Waals surface area (Å²) in [4.78, 5) is 15.8. The maximum atomic E-state index is 11.2. The van der Waals surface area contributed by atoms with Crippen molar-refractivity contribution in [1.82, 2.24) is 24.5 Å². The Morgan fingerprint density at radius 2 is 2.16 bits per heavy atom. The Morgan fingerprint density at radius 1 is 1.32 bits per heavy atom. The first-order valence-corrected chi connectivity index (χ1v) is 8.05. The summed E-state index contributed by atoms with van der Waals surface area (Å²) in [7, 11) is 0. The van der Waals surface area contributed by atoms with Crippen molar-refractivity contribution in [2.45, 2.75) is 18.9 Å². The average Bonchev–Trinajstić information content (AvgIpc) is 3.35. The molecule has 8 nitrogen and oxygen atoms in total. The monoisotopic (exact) mass is 339 g/mol. The van der Waals surface area contributed by atoms with E-state index in [9.17, 15) is 4.79 Å². The molecule has 1 fully saturated rings. The SMILES string of the molecule is O=C(O)Cn1nc([C@@H]2CCOC2)nc1-c1cnn(-c2ccccc2)c1. The van der Waals surface area contributed by atoms with E-state index in [0.717, 1.165) is 17.7 Å². The molecule has 1 atom stereocenters. The van der Waals surface area contributed by atoms with Gasteiger partial charge in [0, 0.05) is 18.7 Å². The number of para-hydroxylation sites is 1. The standard InChI is InChI=1S/C17H17N5O3/c23-15(24)10-22-17(19-16(20-22)12-6-7-25-11-12)13-8-18-21(9-13)14-4-2-1-3-5-14/h1-5,8-9,12H,6-7,10-11H2,(H,23,24)/t12-/m1/s1. The van der Waals surface area contributed by atoms with E-state index >= 15 is 0 Å². The highest BCUT2D eigenvalue weighted by atomic mass is 16.5. The number of carbonyl (C=O) groups is 1. The Morgan fingerprint density at radius 3 is 2.88 bits per heavy atom. The molecule has 3 heterocycles.